The molecular weight excluding hydrogens is 238 g/mol. The Hall–Kier alpha value is -0.610. The summed E-state index contributed by atoms with van der Waals surface area (Å²) >= 11 is 0. The van der Waals surface area contributed by atoms with Crippen LogP contribution in [-0.4, -0.2) is 42.0 Å². The smallest absolute Gasteiger partial charge is 0.237 e. The molecule has 1 saturated heterocycles. The maximum atomic E-state index is 11.6. The molecule has 0 aromatic rings. The second kappa shape index (κ2) is 6.23. The van der Waals surface area contributed by atoms with Crippen molar-refractivity contribution in [3.05, 3.63) is 0 Å². The Balaban J connectivity index is 1.65. The third-order valence-corrected chi connectivity index (χ3v) is 4.55. The molecule has 3 N–H and O–H groups in total. The molecule has 19 heavy (non-hydrogen) atoms. The van der Waals surface area contributed by atoms with Gasteiger partial charge in [-0.15, -0.1) is 0 Å². The van der Waals surface area contributed by atoms with Crippen molar-refractivity contribution in [2.45, 2.75) is 64.0 Å². The molecule has 0 bridgehead atoms. The number of hydrogen-bond acceptors (Lipinski definition) is 3. The molecule has 0 aromatic heterocycles. The van der Waals surface area contributed by atoms with Crippen molar-refractivity contribution < 1.29 is 4.79 Å². The fraction of sp³-hybridized carbons (Fsp3) is 0.933. The van der Waals surface area contributed by atoms with Gasteiger partial charge in [-0.2, -0.15) is 0 Å². The van der Waals surface area contributed by atoms with E-state index < -0.39 is 5.54 Å². The third-order valence-electron chi connectivity index (χ3n) is 4.55. The molecule has 2 fully saturated rings. The van der Waals surface area contributed by atoms with Crippen molar-refractivity contribution in [3.8, 4) is 0 Å². The van der Waals surface area contributed by atoms with Crippen LogP contribution in [0.2, 0.25) is 0 Å². The Labute approximate surface area is 117 Å². The molecule has 2 aliphatic rings. The van der Waals surface area contributed by atoms with Crippen LogP contribution in [0.1, 0.15) is 52.4 Å². The molecule has 2 rings (SSSR count). The van der Waals surface area contributed by atoms with E-state index in [1.165, 1.54) is 45.3 Å². The van der Waals surface area contributed by atoms with Crippen molar-refractivity contribution in [2.75, 3.05) is 19.6 Å². The molecule has 1 aliphatic heterocycles. The molecule has 1 amide bonds. The van der Waals surface area contributed by atoms with Crippen LogP contribution in [0, 0.1) is 5.92 Å². The molecule has 1 heterocycles. The van der Waals surface area contributed by atoms with E-state index in [9.17, 15) is 4.79 Å². The minimum Gasteiger partial charge on any atom is -0.368 e. The van der Waals surface area contributed by atoms with Crippen LogP contribution in [0.15, 0.2) is 0 Å². The van der Waals surface area contributed by atoms with E-state index >= 15 is 0 Å². The molecule has 110 valence electrons. The highest BCUT2D eigenvalue weighted by atomic mass is 16.1. The van der Waals surface area contributed by atoms with E-state index in [-0.39, 0.29) is 5.91 Å². The second-order valence-electron chi connectivity index (χ2n) is 6.77. The number of likely N-dealkylation sites (tertiary alicyclic amines) is 1. The molecule has 1 aliphatic carbocycles. The van der Waals surface area contributed by atoms with Crippen LogP contribution in [0.4, 0.5) is 0 Å². The average molecular weight is 267 g/mol. The van der Waals surface area contributed by atoms with Crippen LogP contribution < -0.4 is 11.1 Å². The van der Waals surface area contributed by atoms with Gasteiger partial charge in [-0.1, -0.05) is 6.92 Å². The van der Waals surface area contributed by atoms with E-state index in [0.29, 0.717) is 6.04 Å². The van der Waals surface area contributed by atoms with Gasteiger partial charge < -0.3 is 16.0 Å². The number of nitrogens with one attached hydrogen (secondary N) is 1. The molecular formula is C15H29N3O. The van der Waals surface area contributed by atoms with Crippen molar-refractivity contribution >= 4 is 5.91 Å². The number of nitrogens with two attached hydrogens (primary N) is 1. The third kappa shape index (κ3) is 4.46. The Bertz CT molecular complexity index is 317. The zero-order valence-corrected chi connectivity index (χ0v) is 12.5. The Kier molecular flexibility index (Phi) is 4.85. The minimum atomic E-state index is -0.501. The normalized spacial score (nSPS) is 27.4. The van der Waals surface area contributed by atoms with Crippen LogP contribution >= 0.6 is 0 Å². The summed E-state index contributed by atoms with van der Waals surface area (Å²) < 4.78 is 0. The number of rotatable bonds is 8. The van der Waals surface area contributed by atoms with Gasteiger partial charge in [0.1, 0.15) is 0 Å². The minimum absolute atomic E-state index is 0.200. The highest BCUT2D eigenvalue weighted by molar-refractivity contribution is 5.84. The summed E-state index contributed by atoms with van der Waals surface area (Å²) in [4.78, 5) is 14.2. The lowest BCUT2D eigenvalue weighted by Gasteiger charge is -2.28. The molecule has 0 spiro atoms. The predicted molar refractivity (Wildman–Crippen MR) is 77.8 cm³/mol. The first-order valence-electron chi connectivity index (χ1n) is 7.79. The standard InChI is InChI=1S/C15H29N3O/c1-12-7-10-18(11-12)9-4-3-8-15(2,14(16)19)17-13-5-6-13/h12-13,17H,3-11H2,1-2H3,(H2,16,19). The number of nitrogens with zero attached hydrogens (tertiary/aromatic N) is 1. The molecule has 2 atom stereocenters. The summed E-state index contributed by atoms with van der Waals surface area (Å²) in [7, 11) is 0. The van der Waals surface area contributed by atoms with Gasteiger partial charge in [0.15, 0.2) is 0 Å². The fourth-order valence-electron chi connectivity index (χ4n) is 2.99. The van der Waals surface area contributed by atoms with Gasteiger partial charge in [-0.05, 0) is 64.5 Å². The van der Waals surface area contributed by atoms with Gasteiger partial charge in [0.25, 0.3) is 0 Å². The predicted octanol–water partition coefficient (Wildman–Crippen LogP) is 1.49. The van der Waals surface area contributed by atoms with Crippen molar-refractivity contribution in [1.29, 1.82) is 0 Å². The van der Waals surface area contributed by atoms with Gasteiger partial charge in [-0.25, -0.2) is 0 Å². The number of unbranched alkanes of at least 4 members (excludes halogenated alkanes) is 1. The first kappa shape index (κ1) is 14.8. The summed E-state index contributed by atoms with van der Waals surface area (Å²) in [6.07, 6.45) is 6.82. The molecule has 4 heteroatoms. The van der Waals surface area contributed by atoms with Crippen molar-refractivity contribution in [3.63, 3.8) is 0 Å². The first-order chi connectivity index (χ1) is 8.99. The molecule has 0 aromatic carbocycles. The lowest BCUT2D eigenvalue weighted by molar-refractivity contribution is -0.124. The average Bonchev–Trinajstić information content (AvgIpc) is 3.05. The molecule has 0 radical (unpaired) electrons. The molecule has 1 saturated carbocycles. The van der Waals surface area contributed by atoms with Gasteiger partial charge >= 0.3 is 0 Å². The van der Waals surface area contributed by atoms with Gasteiger partial charge in [-0.3, -0.25) is 4.79 Å². The summed E-state index contributed by atoms with van der Waals surface area (Å²) in [6, 6.07) is 0.525. The Morgan fingerprint density at radius 1 is 1.37 bits per heavy atom. The monoisotopic (exact) mass is 267 g/mol. The lowest BCUT2D eigenvalue weighted by atomic mass is 9.93. The quantitative estimate of drug-likeness (QED) is 0.655. The van der Waals surface area contributed by atoms with Gasteiger partial charge in [0.2, 0.25) is 5.91 Å². The largest absolute Gasteiger partial charge is 0.368 e. The van der Waals surface area contributed by atoms with E-state index in [2.05, 4.69) is 17.1 Å². The van der Waals surface area contributed by atoms with Crippen LogP contribution in [0.5, 0.6) is 0 Å². The zero-order chi connectivity index (χ0) is 13.9. The van der Waals surface area contributed by atoms with Crippen LogP contribution in [0.3, 0.4) is 0 Å². The van der Waals surface area contributed by atoms with Gasteiger partial charge in [0.05, 0.1) is 5.54 Å². The van der Waals surface area contributed by atoms with E-state index in [1.807, 2.05) is 6.92 Å². The highest BCUT2D eigenvalue weighted by Gasteiger charge is 2.36. The first-order valence-corrected chi connectivity index (χ1v) is 7.79. The maximum absolute atomic E-state index is 11.6. The summed E-state index contributed by atoms with van der Waals surface area (Å²) in [5.74, 6) is 0.654. The Morgan fingerprint density at radius 3 is 2.63 bits per heavy atom. The molecule has 4 nitrogen and oxygen atoms in total. The molecule has 2 unspecified atom stereocenters. The van der Waals surface area contributed by atoms with Crippen LogP contribution in [-0.2, 0) is 4.79 Å². The van der Waals surface area contributed by atoms with Gasteiger partial charge in [0, 0.05) is 12.6 Å². The van der Waals surface area contributed by atoms with Crippen molar-refractivity contribution in [1.82, 2.24) is 10.2 Å². The number of carbonyl (C=O) groups excluding carboxylic acids is 1. The number of carbonyl (C=O) groups is 1. The lowest BCUT2D eigenvalue weighted by Crippen LogP contribution is -2.54. The van der Waals surface area contributed by atoms with Crippen LogP contribution in [0.25, 0.3) is 0 Å². The van der Waals surface area contributed by atoms with Crippen molar-refractivity contribution in [2.24, 2.45) is 11.7 Å². The number of primary amides is 1. The summed E-state index contributed by atoms with van der Waals surface area (Å²) in [5.41, 5.74) is 5.06. The fourth-order valence-corrected chi connectivity index (χ4v) is 2.99. The highest BCUT2D eigenvalue weighted by Crippen LogP contribution is 2.25. The number of hydrogen-bond donors (Lipinski definition) is 2. The maximum Gasteiger partial charge on any atom is 0.237 e. The number of amides is 1. The second-order valence-corrected chi connectivity index (χ2v) is 6.77. The van der Waals surface area contributed by atoms with E-state index in [4.69, 9.17) is 5.73 Å². The summed E-state index contributed by atoms with van der Waals surface area (Å²) in [5, 5.41) is 3.41. The summed E-state index contributed by atoms with van der Waals surface area (Å²) in [6.45, 7) is 7.94. The van der Waals surface area contributed by atoms with E-state index in [0.717, 1.165) is 18.8 Å². The topological polar surface area (TPSA) is 58.4 Å². The zero-order valence-electron chi connectivity index (χ0n) is 12.5. The SMILES string of the molecule is CC1CCN(CCCCC(C)(NC2CC2)C(N)=O)C1. The Morgan fingerprint density at radius 2 is 2.11 bits per heavy atom. The van der Waals surface area contributed by atoms with E-state index in [1.54, 1.807) is 0 Å².